The number of ether oxygens (including phenoxy) is 1. The molecule has 0 aromatic rings. The molecule has 1 rings (SSSR count). The zero-order valence-corrected chi connectivity index (χ0v) is 10.8. The van der Waals surface area contributed by atoms with Gasteiger partial charge in [0.25, 0.3) is 5.91 Å². The lowest BCUT2D eigenvalue weighted by Gasteiger charge is -2.29. The smallest absolute Gasteiger partial charge is 0.328 e. The maximum atomic E-state index is 12.1. The molecule has 98 valence electrons. The van der Waals surface area contributed by atoms with Crippen molar-refractivity contribution in [2.45, 2.75) is 32.4 Å². The molecule has 6 heteroatoms. The van der Waals surface area contributed by atoms with Crippen LogP contribution in [-0.2, 0) is 9.53 Å². The van der Waals surface area contributed by atoms with Gasteiger partial charge in [0, 0.05) is 0 Å². The summed E-state index contributed by atoms with van der Waals surface area (Å²) in [5, 5.41) is 8.92. The molecule has 1 saturated heterocycles. The quantitative estimate of drug-likeness (QED) is 0.416. The molecule has 0 saturated carbocycles. The molecule has 18 heavy (non-hydrogen) atoms. The van der Waals surface area contributed by atoms with Gasteiger partial charge in [0.05, 0.1) is 18.9 Å². The summed E-state index contributed by atoms with van der Waals surface area (Å²) < 4.78 is 4.92. The highest BCUT2D eigenvalue weighted by molar-refractivity contribution is 6.06. The van der Waals surface area contributed by atoms with Crippen molar-refractivity contribution in [1.82, 2.24) is 9.80 Å². The van der Waals surface area contributed by atoms with Crippen molar-refractivity contribution in [2.75, 3.05) is 13.2 Å². The molecule has 3 amide bonds. The Kier molecular flexibility index (Phi) is 3.96. The number of nitrogens with zero attached hydrogens (tertiary/aromatic N) is 3. The summed E-state index contributed by atoms with van der Waals surface area (Å²) in [6.45, 7) is 8.60. The fraction of sp³-hybridized carbons (Fsp3) is 0.583. The van der Waals surface area contributed by atoms with E-state index in [0.717, 1.165) is 4.90 Å². The molecule has 1 aliphatic heterocycles. The Hall–Kier alpha value is -2.03. The second-order valence-electron chi connectivity index (χ2n) is 4.51. The standard InChI is InChI=1S/C12H17N3O3/c1-5-18-7-6-14-10(16)12(3,4)15(11(14)17)9(2)8-13/h5,9H,1,6-7H2,2-4H3. The molecule has 1 heterocycles. The van der Waals surface area contributed by atoms with Gasteiger partial charge >= 0.3 is 6.03 Å². The summed E-state index contributed by atoms with van der Waals surface area (Å²) in [7, 11) is 0. The zero-order chi connectivity index (χ0) is 13.9. The van der Waals surface area contributed by atoms with Gasteiger partial charge in [-0.15, -0.1) is 0 Å². The van der Waals surface area contributed by atoms with Gasteiger partial charge in [-0.2, -0.15) is 5.26 Å². The van der Waals surface area contributed by atoms with Crippen molar-refractivity contribution in [2.24, 2.45) is 0 Å². The fourth-order valence-electron chi connectivity index (χ4n) is 2.02. The molecule has 1 atom stereocenters. The second-order valence-corrected chi connectivity index (χ2v) is 4.51. The van der Waals surface area contributed by atoms with Gasteiger partial charge in [-0.05, 0) is 20.8 Å². The van der Waals surface area contributed by atoms with E-state index >= 15 is 0 Å². The van der Waals surface area contributed by atoms with E-state index in [1.807, 2.05) is 6.07 Å². The summed E-state index contributed by atoms with van der Waals surface area (Å²) in [4.78, 5) is 26.7. The maximum Gasteiger partial charge on any atom is 0.328 e. The molecule has 0 spiro atoms. The van der Waals surface area contributed by atoms with E-state index in [2.05, 4.69) is 6.58 Å². The van der Waals surface area contributed by atoms with Crippen molar-refractivity contribution >= 4 is 11.9 Å². The Labute approximate surface area is 106 Å². The topological polar surface area (TPSA) is 73.6 Å². The lowest BCUT2D eigenvalue weighted by atomic mass is 10.0. The number of hydrogen-bond acceptors (Lipinski definition) is 4. The third-order valence-corrected chi connectivity index (χ3v) is 2.93. The van der Waals surface area contributed by atoms with Crippen LogP contribution >= 0.6 is 0 Å². The summed E-state index contributed by atoms with van der Waals surface area (Å²) in [6.07, 6.45) is 1.26. The van der Waals surface area contributed by atoms with Gasteiger partial charge in [0.1, 0.15) is 18.2 Å². The molecule has 0 N–H and O–H groups in total. The summed E-state index contributed by atoms with van der Waals surface area (Å²) in [5.74, 6) is -0.317. The molecule has 1 fully saturated rings. The van der Waals surface area contributed by atoms with E-state index < -0.39 is 17.6 Å². The van der Waals surface area contributed by atoms with Crippen molar-refractivity contribution in [3.8, 4) is 6.07 Å². The summed E-state index contributed by atoms with van der Waals surface area (Å²) in [5.41, 5.74) is -1.000. The SMILES string of the molecule is C=COCCN1C(=O)N(C(C)C#N)C(C)(C)C1=O. The maximum absolute atomic E-state index is 12.1. The minimum atomic E-state index is -1.000. The van der Waals surface area contributed by atoms with Gasteiger partial charge < -0.3 is 4.74 Å². The lowest BCUT2D eigenvalue weighted by molar-refractivity contribution is -0.132. The van der Waals surface area contributed by atoms with Gasteiger partial charge in [0.15, 0.2) is 0 Å². The van der Waals surface area contributed by atoms with Gasteiger partial charge in [-0.3, -0.25) is 14.6 Å². The molecule has 0 radical (unpaired) electrons. The Bertz CT molecular complexity index is 411. The molecular weight excluding hydrogens is 234 g/mol. The second kappa shape index (κ2) is 5.08. The largest absolute Gasteiger partial charge is 0.500 e. The number of rotatable bonds is 5. The molecule has 1 aliphatic rings. The summed E-state index contributed by atoms with van der Waals surface area (Å²) >= 11 is 0. The minimum absolute atomic E-state index is 0.155. The fourth-order valence-corrected chi connectivity index (χ4v) is 2.02. The first-order valence-corrected chi connectivity index (χ1v) is 5.65. The van der Waals surface area contributed by atoms with Gasteiger partial charge in [-0.25, -0.2) is 4.79 Å². The third-order valence-electron chi connectivity index (χ3n) is 2.93. The molecule has 0 aromatic heterocycles. The van der Waals surface area contributed by atoms with Crippen LogP contribution in [0.1, 0.15) is 20.8 Å². The van der Waals surface area contributed by atoms with Gasteiger partial charge in [0.2, 0.25) is 0 Å². The first-order valence-electron chi connectivity index (χ1n) is 5.65. The number of carbonyl (C=O) groups is 2. The average Bonchev–Trinajstić information content (AvgIpc) is 2.48. The summed E-state index contributed by atoms with van der Waals surface area (Å²) in [6, 6.07) is 0.877. The van der Waals surface area contributed by atoms with Crippen molar-refractivity contribution in [1.29, 1.82) is 5.26 Å². The Morgan fingerprint density at radius 3 is 2.67 bits per heavy atom. The van der Waals surface area contributed by atoms with Crippen LogP contribution in [0.3, 0.4) is 0 Å². The highest BCUT2D eigenvalue weighted by Gasteiger charge is 2.52. The average molecular weight is 251 g/mol. The van der Waals surface area contributed by atoms with Gasteiger partial charge in [-0.1, -0.05) is 6.58 Å². The zero-order valence-electron chi connectivity index (χ0n) is 10.8. The first-order chi connectivity index (χ1) is 8.37. The van der Waals surface area contributed by atoms with E-state index in [-0.39, 0.29) is 19.1 Å². The molecule has 6 nitrogen and oxygen atoms in total. The predicted octanol–water partition coefficient (Wildman–Crippen LogP) is 1.10. The van der Waals surface area contributed by atoms with Crippen molar-refractivity contribution in [3.63, 3.8) is 0 Å². The first kappa shape index (κ1) is 14.0. The molecule has 1 unspecified atom stereocenters. The minimum Gasteiger partial charge on any atom is -0.500 e. The van der Waals surface area contributed by atoms with E-state index in [9.17, 15) is 9.59 Å². The highest BCUT2D eigenvalue weighted by atomic mass is 16.5. The Morgan fingerprint density at radius 2 is 2.17 bits per heavy atom. The number of carbonyl (C=O) groups excluding carboxylic acids is 2. The lowest BCUT2D eigenvalue weighted by Crippen LogP contribution is -2.48. The monoisotopic (exact) mass is 251 g/mol. The number of amides is 3. The number of urea groups is 1. The van der Waals surface area contributed by atoms with Crippen LogP contribution in [0.2, 0.25) is 0 Å². The van der Waals surface area contributed by atoms with E-state index in [1.165, 1.54) is 11.2 Å². The Morgan fingerprint density at radius 1 is 1.56 bits per heavy atom. The van der Waals surface area contributed by atoms with Crippen LogP contribution in [0, 0.1) is 11.3 Å². The molecular formula is C12H17N3O3. The van der Waals surface area contributed by atoms with E-state index in [4.69, 9.17) is 10.00 Å². The van der Waals surface area contributed by atoms with Crippen LogP contribution in [0.25, 0.3) is 0 Å². The van der Waals surface area contributed by atoms with Crippen LogP contribution < -0.4 is 0 Å². The van der Waals surface area contributed by atoms with Crippen molar-refractivity contribution < 1.29 is 14.3 Å². The van der Waals surface area contributed by atoms with E-state index in [1.54, 1.807) is 20.8 Å². The third kappa shape index (κ3) is 2.16. The van der Waals surface area contributed by atoms with Crippen LogP contribution in [0.15, 0.2) is 12.8 Å². The Balaban J connectivity index is 2.92. The van der Waals surface area contributed by atoms with E-state index in [0.29, 0.717) is 0 Å². The molecule has 0 aliphatic carbocycles. The molecule has 0 aromatic carbocycles. The number of nitriles is 1. The highest BCUT2D eigenvalue weighted by Crippen LogP contribution is 2.29. The van der Waals surface area contributed by atoms with Crippen LogP contribution in [-0.4, -0.2) is 46.5 Å². The van der Waals surface area contributed by atoms with Crippen LogP contribution in [0.5, 0.6) is 0 Å². The normalized spacial score (nSPS) is 19.7. The number of imide groups is 1. The number of hydrogen-bond donors (Lipinski definition) is 0. The van der Waals surface area contributed by atoms with Crippen molar-refractivity contribution in [3.05, 3.63) is 12.8 Å². The molecule has 0 bridgehead atoms. The predicted molar refractivity (Wildman–Crippen MR) is 64.3 cm³/mol. The van der Waals surface area contributed by atoms with Crippen LogP contribution in [0.4, 0.5) is 4.79 Å².